The Morgan fingerprint density at radius 3 is 2.71 bits per heavy atom. The molecule has 0 radical (unpaired) electrons. The van der Waals surface area contributed by atoms with Gasteiger partial charge in [-0.1, -0.05) is 6.92 Å². The zero-order chi connectivity index (χ0) is 15.5. The van der Waals surface area contributed by atoms with Gasteiger partial charge in [-0.05, 0) is 50.6 Å². The first-order valence-corrected chi connectivity index (χ1v) is 10.8. The molecular weight excluding hydrogens is 324 g/mol. The highest BCUT2D eigenvalue weighted by Gasteiger charge is 2.42. The summed E-state index contributed by atoms with van der Waals surface area (Å²) in [5.74, 6) is 0. The van der Waals surface area contributed by atoms with Gasteiger partial charge in [0.15, 0.2) is 0 Å². The van der Waals surface area contributed by atoms with Crippen LogP contribution in [0.4, 0.5) is 0 Å². The van der Waals surface area contributed by atoms with E-state index in [0.29, 0.717) is 10.8 Å². The smallest absolute Gasteiger partial charge is 0.250 e. The van der Waals surface area contributed by atoms with E-state index in [1.54, 1.807) is 17.8 Å². The van der Waals surface area contributed by atoms with Gasteiger partial charge in [-0.3, -0.25) is 0 Å². The average Bonchev–Trinajstić information content (AvgIpc) is 3.15. The number of aryl methyl sites for hydroxylation is 1. The minimum absolute atomic E-state index is 0.144. The van der Waals surface area contributed by atoms with Gasteiger partial charge in [-0.25, -0.2) is 13.1 Å². The number of thiophene rings is 1. The van der Waals surface area contributed by atoms with Crippen LogP contribution in [0, 0.1) is 6.92 Å². The van der Waals surface area contributed by atoms with Crippen molar-refractivity contribution in [2.75, 3.05) is 19.3 Å². The molecule has 120 valence electrons. The van der Waals surface area contributed by atoms with Crippen LogP contribution >= 0.6 is 23.1 Å². The summed E-state index contributed by atoms with van der Waals surface area (Å²) >= 11 is 3.14. The number of thioether (sulfide) groups is 1. The molecule has 2 rings (SSSR count). The molecule has 7 heteroatoms. The van der Waals surface area contributed by atoms with Crippen molar-refractivity contribution in [2.45, 2.75) is 48.6 Å². The van der Waals surface area contributed by atoms with E-state index in [1.807, 2.05) is 13.2 Å². The Balaban J connectivity index is 2.01. The summed E-state index contributed by atoms with van der Waals surface area (Å²) < 4.78 is 28.1. The van der Waals surface area contributed by atoms with E-state index in [0.717, 1.165) is 42.8 Å². The highest BCUT2D eigenvalue weighted by Crippen LogP contribution is 2.46. The minimum Gasteiger partial charge on any atom is -0.312 e. The van der Waals surface area contributed by atoms with Gasteiger partial charge in [0.25, 0.3) is 0 Å². The molecule has 1 aromatic heterocycles. The molecule has 1 saturated carbocycles. The molecule has 21 heavy (non-hydrogen) atoms. The highest BCUT2D eigenvalue weighted by atomic mass is 32.2. The van der Waals surface area contributed by atoms with Gasteiger partial charge in [-0.2, -0.15) is 11.8 Å². The zero-order valence-corrected chi connectivity index (χ0v) is 15.3. The predicted molar refractivity (Wildman–Crippen MR) is 91.7 cm³/mol. The Morgan fingerprint density at radius 2 is 2.14 bits per heavy atom. The second-order valence-corrected chi connectivity index (χ2v) is 9.96. The fourth-order valence-corrected chi connectivity index (χ4v) is 5.61. The summed E-state index contributed by atoms with van der Waals surface area (Å²) in [6, 6.07) is 1.79. The van der Waals surface area contributed by atoms with E-state index in [9.17, 15) is 8.42 Å². The lowest BCUT2D eigenvalue weighted by molar-refractivity contribution is 0.582. The van der Waals surface area contributed by atoms with E-state index in [2.05, 4.69) is 17.0 Å². The van der Waals surface area contributed by atoms with Crippen molar-refractivity contribution < 1.29 is 8.42 Å². The van der Waals surface area contributed by atoms with Crippen molar-refractivity contribution in [3.63, 3.8) is 0 Å². The molecule has 1 aliphatic rings. The fraction of sp³-hybridized carbons (Fsp3) is 0.714. The quantitative estimate of drug-likeness (QED) is 0.674. The predicted octanol–water partition coefficient (Wildman–Crippen LogP) is 2.73. The van der Waals surface area contributed by atoms with Crippen molar-refractivity contribution >= 4 is 33.1 Å². The third-order valence-corrected chi connectivity index (χ3v) is 8.33. The van der Waals surface area contributed by atoms with Crippen LogP contribution < -0.4 is 10.0 Å². The van der Waals surface area contributed by atoms with Gasteiger partial charge in [-0.15, -0.1) is 11.3 Å². The van der Waals surface area contributed by atoms with Gasteiger partial charge in [0.05, 0.1) is 0 Å². The summed E-state index contributed by atoms with van der Waals surface area (Å²) in [6.45, 7) is 6.33. The lowest BCUT2D eigenvalue weighted by atomic mass is 10.3. The summed E-state index contributed by atoms with van der Waals surface area (Å²) in [7, 11) is -3.37. The fourth-order valence-electron chi connectivity index (χ4n) is 2.07. The molecule has 1 heterocycles. The van der Waals surface area contributed by atoms with Gasteiger partial charge in [0.2, 0.25) is 10.0 Å². The monoisotopic (exact) mass is 348 g/mol. The first-order valence-electron chi connectivity index (χ1n) is 7.27. The van der Waals surface area contributed by atoms with Crippen LogP contribution in [0.5, 0.6) is 0 Å². The maximum absolute atomic E-state index is 12.4. The minimum atomic E-state index is -3.37. The first-order chi connectivity index (χ1) is 9.92. The molecule has 4 nitrogen and oxygen atoms in total. The molecule has 1 aliphatic carbocycles. The average molecular weight is 349 g/mol. The topological polar surface area (TPSA) is 58.2 Å². The second kappa shape index (κ2) is 7.00. The molecule has 2 N–H and O–H groups in total. The Kier molecular flexibility index (Phi) is 5.76. The largest absolute Gasteiger partial charge is 0.312 e. The van der Waals surface area contributed by atoms with Gasteiger partial charge in [0, 0.05) is 22.7 Å². The zero-order valence-electron chi connectivity index (χ0n) is 12.9. The molecule has 0 amide bonds. The molecule has 0 saturated heterocycles. The van der Waals surface area contributed by atoms with Crippen LogP contribution in [0.15, 0.2) is 10.3 Å². The maximum atomic E-state index is 12.4. The Hall–Kier alpha value is -0.0800. The van der Waals surface area contributed by atoms with E-state index >= 15 is 0 Å². The van der Waals surface area contributed by atoms with Crippen molar-refractivity contribution in [1.82, 2.24) is 10.0 Å². The summed E-state index contributed by atoms with van der Waals surface area (Å²) in [6.07, 6.45) is 5.33. The maximum Gasteiger partial charge on any atom is 0.250 e. The van der Waals surface area contributed by atoms with Gasteiger partial charge >= 0.3 is 0 Å². The van der Waals surface area contributed by atoms with Crippen LogP contribution in [0.1, 0.15) is 36.6 Å². The number of hydrogen-bond acceptors (Lipinski definition) is 5. The molecule has 0 atom stereocenters. The molecule has 0 aromatic carbocycles. The lowest BCUT2D eigenvalue weighted by Gasteiger charge is -2.12. The Labute approximate surface area is 136 Å². The van der Waals surface area contributed by atoms with E-state index in [1.165, 1.54) is 11.3 Å². The number of rotatable bonds is 9. The molecule has 1 fully saturated rings. The third kappa shape index (κ3) is 4.45. The van der Waals surface area contributed by atoms with Crippen LogP contribution in [-0.2, 0) is 16.6 Å². The third-order valence-electron chi connectivity index (χ3n) is 3.80. The van der Waals surface area contributed by atoms with E-state index in [4.69, 9.17) is 0 Å². The first kappa shape index (κ1) is 17.3. The van der Waals surface area contributed by atoms with Gasteiger partial charge < -0.3 is 5.32 Å². The highest BCUT2D eigenvalue weighted by molar-refractivity contribution is 8.00. The van der Waals surface area contributed by atoms with Crippen LogP contribution in [-0.4, -0.2) is 32.5 Å². The second-order valence-electron chi connectivity index (χ2n) is 5.56. The Morgan fingerprint density at radius 1 is 1.43 bits per heavy atom. The molecule has 0 bridgehead atoms. The summed E-state index contributed by atoms with van der Waals surface area (Å²) in [4.78, 5) is 1.11. The van der Waals surface area contributed by atoms with Crippen molar-refractivity contribution in [1.29, 1.82) is 0 Å². The summed E-state index contributed by atoms with van der Waals surface area (Å²) in [5.41, 5.74) is 1.05. The van der Waals surface area contributed by atoms with Crippen LogP contribution in [0.25, 0.3) is 0 Å². The van der Waals surface area contributed by atoms with Crippen molar-refractivity contribution in [3.05, 3.63) is 16.5 Å². The Bertz CT molecular complexity index is 577. The molecule has 0 unspecified atom stereocenters. The summed E-state index contributed by atoms with van der Waals surface area (Å²) in [5, 5.41) is 3.32. The molecule has 0 aliphatic heterocycles. The van der Waals surface area contributed by atoms with Crippen LogP contribution in [0.3, 0.4) is 0 Å². The lowest BCUT2D eigenvalue weighted by Crippen LogP contribution is -2.31. The molecule has 0 spiro atoms. The van der Waals surface area contributed by atoms with Crippen LogP contribution in [0.2, 0.25) is 0 Å². The molecular formula is C14H24N2O2S3. The number of nitrogens with one attached hydrogen (secondary N) is 2. The normalized spacial score (nSPS) is 17.1. The van der Waals surface area contributed by atoms with Gasteiger partial charge in [0.1, 0.15) is 4.21 Å². The number of sulfonamides is 1. The van der Waals surface area contributed by atoms with Crippen molar-refractivity contribution in [2.24, 2.45) is 0 Å². The SMILES string of the molecule is CCCNCc1sc(S(=O)(=O)NCC2(SC)CC2)cc1C. The van der Waals surface area contributed by atoms with E-state index < -0.39 is 10.0 Å². The number of hydrogen-bond donors (Lipinski definition) is 2. The standard InChI is InChI=1S/C14H24N2O2S3/c1-4-7-15-9-12-11(2)8-13(20-12)21(17,18)16-10-14(19-3)5-6-14/h8,15-16H,4-7,9-10H2,1-3H3. The van der Waals surface area contributed by atoms with E-state index in [-0.39, 0.29) is 4.75 Å². The molecule has 1 aromatic rings. The van der Waals surface area contributed by atoms with Crippen molar-refractivity contribution in [3.8, 4) is 0 Å².